The second kappa shape index (κ2) is 6.50. The van der Waals surface area contributed by atoms with Gasteiger partial charge in [-0.25, -0.2) is 4.98 Å². The van der Waals surface area contributed by atoms with E-state index in [1.165, 1.54) is 11.3 Å². The Morgan fingerprint density at radius 3 is 2.91 bits per heavy atom. The molecule has 0 aliphatic rings. The standard InChI is InChI=1S/C17H21N3OS/c1-12(2)21-16-7-5-4-6-14(16)10-18-11-15-13(3)19-17-20(15)8-9-22-17/h4-9,12,18H,10-11H2,1-3H3. The van der Waals surface area contributed by atoms with E-state index in [0.29, 0.717) is 0 Å². The molecule has 116 valence electrons. The molecule has 0 atom stereocenters. The van der Waals surface area contributed by atoms with Crippen molar-refractivity contribution in [1.29, 1.82) is 0 Å². The van der Waals surface area contributed by atoms with Crippen LogP contribution in [-0.4, -0.2) is 15.5 Å². The van der Waals surface area contributed by atoms with Crippen molar-refractivity contribution in [2.75, 3.05) is 0 Å². The maximum atomic E-state index is 5.86. The van der Waals surface area contributed by atoms with Crippen molar-refractivity contribution in [3.05, 3.63) is 52.8 Å². The molecule has 5 heteroatoms. The van der Waals surface area contributed by atoms with Crippen LogP contribution in [0.3, 0.4) is 0 Å². The third-order valence-corrected chi connectivity index (χ3v) is 4.26. The maximum Gasteiger partial charge on any atom is 0.194 e. The molecule has 1 aromatic carbocycles. The minimum atomic E-state index is 0.184. The van der Waals surface area contributed by atoms with E-state index < -0.39 is 0 Å². The predicted molar refractivity (Wildman–Crippen MR) is 90.6 cm³/mol. The largest absolute Gasteiger partial charge is 0.491 e. The quantitative estimate of drug-likeness (QED) is 0.752. The average Bonchev–Trinajstić information content (AvgIpc) is 3.02. The van der Waals surface area contributed by atoms with E-state index in [1.54, 1.807) is 11.3 Å². The molecule has 3 aromatic rings. The third-order valence-electron chi connectivity index (χ3n) is 3.50. The smallest absolute Gasteiger partial charge is 0.194 e. The number of aryl methyl sites for hydroxylation is 1. The van der Waals surface area contributed by atoms with Crippen molar-refractivity contribution in [2.45, 2.75) is 40.0 Å². The summed E-state index contributed by atoms with van der Waals surface area (Å²) in [6.45, 7) is 7.73. The molecule has 0 fully saturated rings. The van der Waals surface area contributed by atoms with Gasteiger partial charge in [0, 0.05) is 30.2 Å². The fourth-order valence-electron chi connectivity index (χ4n) is 2.49. The summed E-state index contributed by atoms with van der Waals surface area (Å²) in [6, 6.07) is 8.19. The highest BCUT2D eigenvalue weighted by Gasteiger charge is 2.10. The number of hydrogen-bond acceptors (Lipinski definition) is 4. The number of nitrogens with one attached hydrogen (secondary N) is 1. The number of nitrogens with zero attached hydrogens (tertiary/aromatic N) is 2. The van der Waals surface area contributed by atoms with Gasteiger partial charge in [0.2, 0.25) is 0 Å². The lowest BCUT2D eigenvalue weighted by atomic mass is 10.2. The van der Waals surface area contributed by atoms with Gasteiger partial charge in [0.05, 0.1) is 17.5 Å². The minimum Gasteiger partial charge on any atom is -0.491 e. The highest BCUT2D eigenvalue weighted by molar-refractivity contribution is 7.15. The molecule has 2 heterocycles. The normalized spacial score (nSPS) is 11.5. The summed E-state index contributed by atoms with van der Waals surface area (Å²) in [7, 11) is 0. The molecule has 0 amide bonds. The number of ether oxygens (including phenoxy) is 1. The molecule has 1 N–H and O–H groups in total. The lowest BCUT2D eigenvalue weighted by molar-refractivity contribution is 0.239. The first-order chi connectivity index (χ1) is 10.6. The van der Waals surface area contributed by atoms with E-state index in [4.69, 9.17) is 4.74 Å². The third kappa shape index (κ3) is 3.15. The summed E-state index contributed by atoms with van der Waals surface area (Å²) >= 11 is 1.67. The topological polar surface area (TPSA) is 38.6 Å². The van der Waals surface area contributed by atoms with Gasteiger partial charge in [-0.1, -0.05) is 18.2 Å². The number of fused-ring (bicyclic) bond motifs is 1. The van der Waals surface area contributed by atoms with E-state index >= 15 is 0 Å². The summed E-state index contributed by atoms with van der Waals surface area (Å²) < 4.78 is 8.02. The van der Waals surface area contributed by atoms with Crippen LogP contribution in [0, 0.1) is 6.92 Å². The molecular formula is C17H21N3OS. The van der Waals surface area contributed by atoms with Gasteiger partial charge in [0.15, 0.2) is 4.96 Å². The summed E-state index contributed by atoms with van der Waals surface area (Å²) in [5.41, 5.74) is 3.49. The second-order valence-electron chi connectivity index (χ2n) is 5.58. The van der Waals surface area contributed by atoms with E-state index in [0.717, 1.165) is 29.5 Å². The van der Waals surface area contributed by atoms with Crippen molar-refractivity contribution >= 4 is 16.3 Å². The maximum absolute atomic E-state index is 5.86. The Morgan fingerprint density at radius 2 is 2.09 bits per heavy atom. The SMILES string of the molecule is Cc1nc2sccn2c1CNCc1ccccc1OC(C)C. The Morgan fingerprint density at radius 1 is 1.27 bits per heavy atom. The number of imidazole rings is 1. The monoisotopic (exact) mass is 315 g/mol. The molecule has 0 spiro atoms. The first-order valence-electron chi connectivity index (χ1n) is 7.51. The fourth-order valence-corrected chi connectivity index (χ4v) is 3.27. The Kier molecular flexibility index (Phi) is 4.45. The molecule has 22 heavy (non-hydrogen) atoms. The lowest BCUT2D eigenvalue weighted by Crippen LogP contribution is -2.16. The zero-order valence-corrected chi connectivity index (χ0v) is 14.0. The molecule has 4 nitrogen and oxygen atoms in total. The summed E-state index contributed by atoms with van der Waals surface area (Å²) in [4.78, 5) is 5.63. The Labute approximate surface area is 134 Å². The molecule has 2 aromatic heterocycles. The van der Waals surface area contributed by atoms with E-state index in [9.17, 15) is 0 Å². The van der Waals surface area contributed by atoms with Gasteiger partial charge in [-0.05, 0) is 26.8 Å². The molecule has 0 saturated carbocycles. The minimum absolute atomic E-state index is 0.184. The zero-order valence-electron chi connectivity index (χ0n) is 13.2. The van der Waals surface area contributed by atoms with Crippen LogP contribution >= 0.6 is 11.3 Å². The van der Waals surface area contributed by atoms with Crippen molar-refractivity contribution in [2.24, 2.45) is 0 Å². The lowest BCUT2D eigenvalue weighted by Gasteiger charge is -2.14. The Bertz CT molecular complexity index is 760. The number of aromatic nitrogens is 2. The Balaban J connectivity index is 1.68. The van der Waals surface area contributed by atoms with Crippen LogP contribution in [0.2, 0.25) is 0 Å². The van der Waals surface area contributed by atoms with E-state index in [-0.39, 0.29) is 6.10 Å². The van der Waals surface area contributed by atoms with E-state index in [1.807, 2.05) is 32.0 Å². The number of rotatable bonds is 6. The zero-order chi connectivity index (χ0) is 15.5. The van der Waals surface area contributed by atoms with Crippen LogP contribution < -0.4 is 10.1 Å². The first kappa shape index (κ1) is 15.1. The van der Waals surface area contributed by atoms with Gasteiger partial charge in [0.1, 0.15) is 5.75 Å². The number of thiazole rings is 1. The summed E-state index contributed by atoms with van der Waals surface area (Å²) in [5, 5.41) is 5.57. The van der Waals surface area contributed by atoms with Crippen molar-refractivity contribution < 1.29 is 4.74 Å². The molecular weight excluding hydrogens is 294 g/mol. The van der Waals surface area contributed by atoms with Crippen LogP contribution in [0.4, 0.5) is 0 Å². The van der Waals surface area contributed by atoms with Gasteiger partial charge >= 0.3 is 0 Å². The average molecular weight is 315 g/mol. The van der Waals surface area contributed by atoms with Crippen molar-refractivity contribution in [3.63, 3.8) is 0 Å². The highest BCUT2D eigenvalue weighted by Crippen LogP contribution is 2.20. The fraction of sp³-hybridized carbons (Fsp3) is 0.353. The van der Waals surface area contributed by atoms with Crippen LogP contribution in [0.15, 0.2) is 35.8 Å². The van der Waals surface area contributed by atoms with Crippen LogP contribution in [-0.2, 0) is 13.1 Å². The first-order valence-corrected chi connectivity index (χ1v) is 8.39. The molecule has 0 saturated heterocycles. The predicted octanol–water partition coefficient (Wildman–Crippen LogP) is 3.78. The van der Waals surface area contributed by atoms with Crippen molar-refractivity contribution in [1.82, 2.24) is 14.7 Å². The second-order valence-corrected chi connectivity index (χ2v) is 6.45. The van der Waals surface area contributed by atoms with Crippen LogP contribution in [0.5, 0.6) is 5.75 Å². The van der Waals surface area contributed by atoms with Gasteiger partial charge in [-0.3, -0.25) is 4.40 Å². The van der Waals surface area contributed by atoms with Gasteiger partial charge in [-0.15, -0.1) is 11.3 Å². The molecule has 0 unspecified atom stereocenters. The summed E-state index contributed by atoms with van der Waals surface area (Å²) in [5.74, 6) is 0.954. The highest BCUT2D eigenvalue weighted by atomic mass is 32.1. The molecule has 0 aliphatic carbocycles. The summed E-state index contributed by atoms with van der Waals surface area (Å²) in [6.07, 6.45) is 2.26. The molecule has 0 radical (unpaired) electrons. The van der Waals surface area contributed by atoms with Crippen molar-refractivity contribution in [3.8, 4) is 5.75 Å². The molecule has 0 aliphatic heterocycles. The van der Waals surface area contributed by atoms with Crippen LogP contribution in [0.1, 0.15) is 30.8 Å². The van der Waals surface area contributed by atoms with E-state index in [2.05, 4.69) is 39.3 Å². The molecule has 3 rings (SSSR count). The van der Waals surface area contributed by atoms with Gasteiger partial charge in [0.25, 0.3) is 0 Å². The van der Waals surface area contributed by atoms with Crippen LogP contribution in [0.25, 0.3) is 4.96 Å². The number of para-hydroxylation sites is 1. The van der Waals surface area contributed by atoms with Gasteiger partial charge < -0.3 is 10.1 Å². The number of hydrogen-bond donors (Lipinski definition) is 1. The molecule has 0 bridgehead atoms. The Hall–Kier alpha value is -1.85. The number of benzene rings is 1. The van der Waals surface area contributed by atoms with Gasteiger partial charge in [-0.2, -0.15) is 0 Å².